The van der Waals surface area contributed by atoms with Gasteiger partial charge in [-0.3, -0.25) is 0 Å². The van der Waals surface area contributed by atoms with E-state index < -0.39 is 26.1 Å². The average Bonchev–Trinajstić information content (AvgIpc) is 2.90. The van der Waals surface area contributed by atoms with Gasteiger partial charge in [0.1, 0.15) is 0 Å². The fourth-order valence-corrected chi connectivity index (χ4v) is 5.29. The van der Waals surface area contributed by atoms with Crippen LogP contribution in [0.1, 0.15) is 19.4 Å². The molecule has 1 aliphatic rings. The molecule has 7 nitrogen and oxygen atoms in total. The van der Waals surface area contributed by atoms with Crippen LogP contribution in [0.2, 0.25) is 0 Å². The minimum atomic E-state index is -3.78. The van der Waals surface area contributed by atoms with E-state index in [0.717, 1.165) is 6.26 Å². The summed E-state index contributed by atoms with van der Waals surface area (Å²) >= 11 is 0. The standard InChI is InChI=1S/C15H21N3O4S2/c1-11(2)14-9-18(10-15(14)17-23(3,19)20)24(21,22)13-6-4-5-12(7-13)8-16/h4-7,11,14-15,17H,9-10H2,1-3H3/t14-,15+/m0/s1. The molecule has 1 fully saturated rings. The van der Waals surface area contributed by atoms with Gasteiger partial charge in [0.15, 0.2) is 0 Å². The van der Waals surface area contributed by atoms with Gasteiger partial charge in [-0.15, -0.1) is 0 Å². The van der Waals surface area contributed by atoms with Crippen LogP contribution in [0, 0.1) is 23.2 Å². The second-order valence-corrected chi connectivity index (χ2v) is 10.1. The second kappa shape index (κ2) is 6.80. The van der Waals surface area contributed by atoms with Crippen molar-refractivity contribution in [2.75, 3.05) is 19.3 Å². The number of nitrogens with one attached hydrogen (secondary N) is 1. The lowest BCUT2D eigenvalue weighted by Crippen LogP contribution is -2.41. The van der Waals surface area contributed by atoms with E-state index in [9.17, 15) is 16.8 Å². The number of hydrogen-bond donors (Lipinski definition) is 1. The summed E-state index contributed by atoms with van der Waals surface area (Å²) in [5.41, 5.74) is 0.265. The van der Waals surface area contributed by atoms with Gasteiger partial charge in [0.05, 0.1) is 22.8 Å². The van der Waals surface area contributed by atoms with Crippen LogP contribution in [-0.4, -0.2) is 46.5 Å². The molecular formula is C15H21N3O4S2. The van der Waals surface area contributed by atoms with Gasteiger partial charge in [-0.25, -0.2) is 21.6 Å². The third-order valence-corrected chi connectivity index (χ3v) is 6.71. The number of hydrogen-bond acceptors (Lipinski definition) is 5. The van der Waals surface area contributed by atoms with Crippen molar-refractivity contribution >= 4 is 20.0 Å². The zero-order valence-electron chi connectivity index (χ0n) is 13.8. The molecule has 2 atom stereocenters. The number of rotatable bonds is 5. The van der Waals surface area contributed by atoms with Crippen LogP contribution in [0.25, 0.3) is 0 Å². The van der Waals surface area contributed by atoms with Crippen molar-refractivity contribution in [3.63, 3.8) is 0 Å². The zero-order valence-corrected chi connectivity index (χ0v) is 15.4. The lowest BCUT2D eigenvalue weighted by atomic mass is 9.92. The first-order chi connectivity index (χ1) is 11.0. The van der Waals surface area contributed by atoms with E-state index in [4.69, 9.17) is 5.26 Å². The van der Waals surface area contributed by atoms with Gasteiger partial charge < -0.3 is 0 Å². The minimum absolute atomic E-state index is 0.0454. The third-order valence-electron chi connectivity index (χ3n) is 4.15. The minimum Gasteiger partial charge on any atom is -0.213 e. The SMILES string of the molecule is CC(C)[C@@H]1CN(S(=O)(=O)c2cccc(C#N)c2)C[C@H]1NS(C)(=O)=O. The Labute approximate surface area is 143 Å². The molecule has 24 heavy (non-hydrogen) atoms. The summed E-state index contributed by atoms with van der Waals surface area (Å²) in [5.74, 6) is 0.00328. The van der Waals surface area contributed by atoms with Crippen molar-refractivity contribution in [2.24, 2.45) is 11.8 Å². The molecule has 1 aromatic rings. The molecule has 1 aromatic carbocycles. The Balaban J connectivity index is 2.33. The first-order valence-electron chi connectivity index (χ1n) is 7.52. The van der Waals surface area contributed by atoms with Crippen molar-refractivity contribution in [3.05, 3.63) is 29.8 Å². The van der Waals surface area contributed by atoms with Crippen molar-refractivity contribution in [1.29, 1.82) is 5.26 Å². The summed E-state index contributed by atoms with van der Waals surface area (Å²) in [5, 5.41) is 8.94. The Bertz CT molecular complexity index is 857. The van der Waals surface area contributed by atoms with Crippen LogP contribution >= 0.6 is 0 Å². The van der Waals surface area contributed by atoms with Crippen LogP contribution in [0.15, 0.2) is 29.2 Å². The van der Waals surface area contributed by atoms with E-state index in [1.165, 1.54) is 28.6 Å². The van der Waals surface area contributed by atoms with Crippen LogP contribution in [0.5, 0.6) is 0 Å². The quantitative estimate of drug-likeness (QED) is 0.822. The van der Waals surface area contributed by atoms with Gasteiger partial charge in [0.25, 0.3) is 0 Å². The maximum atomic E-state index is 12.8. The van der Waals surface area contributed by atoms with Crippen LogP contribution < -0.4 is 4.72 Å². The Morgan fingerprint density at radius 2 is 1.92 bits per heavy atom. The Hall–Kier alpha value is -1.47. The highest BCUT2D eigenvalue weighted by Crippen LogP contribution is 2.29. The maximum Gasteiger partial charge on any atom is 0.243 e. The largest absolute Gasteiger partial charge is 0.243 e. The molecule has 1 saturated heterocycles. The summed E-state index contributed by atoms with van der Waals surface area (Å²) < 4.78 is 52.6. The summed E-state index contributed by atoms with van der Waals surface area (Å²) in [6.45, 7) is 4.20. The van der Waals surface area contributed by atoms with E-state index in [1.54, 1.807) is 0 Å². The molecule has 0 spiro atoms. The predicted molar refractivity (Wildman–Crippen MR) is 90.0 cm³/mol. The van der Waals surface area contributed by atoms with Crippen LogP contribution in [0.3, 0.4) is 0 Å². The molecule has 1 aliphatic heterocycles. The van der Waals surface area contributed by atoms with E-state index in [0.29, 0.717) is 0 Å². The Kier molecular flexibility index (Phi) is 5.34. The highest BCUT2D eigenvalue weighted by atomic mass is 32.2. The van der Waals surface area contributed by atoms with E-state index in [2.05, 4.69) is 4.72 Å². The van der Waals surface area contributed by atoms with Gasteiger partial charge >= 0.3 is 0 Å². The molecule has 0 aromatic heterocycles. The molecule has 0 unspecified atom stereocenters. The molecule has 0 saturated carbocycles. The zero-order chi connectivity index (χ0) is 18.1. The van der Waals surface area contributed by atoms with Crippen LogP contribution in [0.4, 0.5) is 0 Å². The summed E-state index contributed by atoms with van der Waals surface area (Å²) in [4.78, 5) is 0.0454. The van der Waals surface area contributed by atoms with E-state index in [-0.39, 0.29) is 35.4 Å². The third kappa shape index (κ3) is 4.13. The average molecular weight is 371 g/mol. The smallest absolute Gasteiger partial charge is 0.213 e. The monoisotopic (exact) mass is 371 g/mol. The predicted octanol–water partition coefficient (Wildman–Crippen LogP) is 0.753. The van der Waals surface area contributed by atoms with Gasteiger partial charge in [0, 0.05) is 19.1 Å². The van der Waals surface area contributed by atoms with Crippen LogP contribution in [-0.2, 0) is 20.0 Å². The first kappa shape index (κ1) is 18.9. The van der Waals surface area contributed by atoms with Gasteiger partial charge in [-0.1, -0.05) is 19.9 Å². The van der Waals surface area contributed by atoms with E-state index >= 15 is 0 Å². The fourth-order valence-electron chi connectivity index (χ4n) is 2.94. The van der Waals surface area contributed by atoms with Gasteiger partial charge in [-0.2, -0.15) is 9.57 Å². The number of benzene rings is 1. The Morgan fingerprint density at radius 1 is 1.25 bits per heavy atom. The molecule has 0 bridgehead atoms. The first-order valence-corrected chi connectivity index (χ1v) is 10.9. The molecule has 0 radical (unpaired) electrons. The van der Waals surface area contributed by atoms with Crippen molar-refractivity contribution < 1.29 is 16.8 Å². The van der Waals surface area contributed by atoms with E-state index in [1.807, 2.05) is 19.9 Å². The number of sulfonamides is 2. The van der Waals surface area contributed by atoms with Crippen molar-refractivity contribution in [3.8, 4) is 6.07 Å². The molecular weight excluding hydrogens is 350 g/mol. The maximum absolute atomic E-state index is 12.8. The molecule has 9 heteroatoms. The van der Waals surface area contributed by atoms with Gasteiger partial charge in [0.2, 0.25) is 20.0 Å². The van der Waals surface area contributed by atoms with Crippen molar-refractivity contribution in [1.82, 2.24) is 9.03 Å². The molecule has 132 valence electrons. The molecule has 1 N–H and O–H groups in total. The highest BCUT2D eigenvalue weighted by Gasteiger charge is 2.41. The second-order valence-electron chi connectivity index (χ2n) is 6.37. The Morgan fingerprint density at radius 3 is 2.46 bits per heavy atom. The van der Waals surface area contributed by atoms with Gasteiger partial charge in [-0.05, 0) is 30.0 Å². The fraction of sp³-hybridized carbons (Fsp3) is 0.533. The molecule has 1 heterocycles. The number of nitrogens with zero attached hydrogens (tertiary/aromatic N) is 2. The molecule has 0 aliphatic carbocycles. The normalized spacial score (nSPS) is 22.6. The summed E-state index contributed by atoms with van der Waals surface area (Å²) in [7, 11) is -7.21. The topological polar surface area (TPSA) is 107 Å². The highest BCUT2D eigenvalue weighted by molar-refractivity contribution is 7.89. The van der Waals surface area contributed by atoms with Crippen molar-refractivity contribution in [2.45, 2.75) is 24.8 Å². The summed E-state index contributed by atoms with van der Waals surface area (Å²) in [6, 6.07) is 7.29. The lowest BCUT2D eigenvalue weighted by molar-refractivity contribution is 0.356. The molecule has 0 amide bonds. The summed E-state index contributed by atoms with van der Waals surface area (Å²) in [6.07, 6.45) is 1.07. The molecule has 2 rings (SSSR count). The lowest BCUT2D eigenvalue weighted by Gasteiger charge is -2.21. The number of nitriles is 1.